The lowest BCUT2D eigenvalue weighted by Gasteiger charge is -2.01. The Hall–Kier alpha value is -1.38. The molecular formula is C10H13N3. The van der Waals surface area contributed by atoms with E-state index in [0.717, 1.165) is 29.7 Å². The van der Waals surface area contributed by atoms with Crippen LogP contribution < -0.4 is 0 Å². The molecule has 0 amide bonds. The number of hydrogen-bond donors (Lipinski definition) is 1. The molecule has 0 saturated carbocycles. The van der Waals surface area contributed by atoms with Crippen LogP contribution in [-0.2, 0) is 12.8 Å². The number of aryl methyl sites for hydroxylation is 2. The van der Waals surface area contributed by atoms with Gasteiger partial charge in [0.15, 0.2) is 5.65 Å². The number of aromatic amines is 1. The summed E-state index contributed by atoms with van der Waals surface area (Å²) in [5, 5.41) is 0. The van der Waals surface area contributed by atoms with Crippen LogP contribution in [0, 0.1) is 0 Å². The van der Waals surface area contributed by atoms with Gasteiger partial charge in [0, 0.05) is 5.69 Å². The third kappa shape index (κ3) is 1.30. The van der Waals surface area contributed by atoms with Crippen LogP contribution in [0.25, 0.3) is 11.2 Å². The van der Waals surface area contributed by atoms with Crippen LogP contribution >= 0.6 is 0 Å². The van der Waals surface area contributed by atoms with Gasteiger partial charge in [0.1, 0.15) is 0 Å². The zero-order valence-electron chi connectivity index (χ0n) is 7.96. The van der Waals surface area contributed by atoms with Crippen LogP contribution in [0.4, 0.5) is 0 Å². The molecule has 0 fully saturated rings. The highest BCUT2D eigenvalue weighted by molar-refractivity contribution is 5.74. The molecule has 2 aromatic heterocycles. The summed E-state index contributed by atoms with van der Waals surface area (Å²) >= 11 is 0. The fraction of sp³-hybridized carbons (Fsp3) is 0.400. The molecule has 2 aromatic rings. The molecule has 0 atom stereocenters. The molecule has 0 radical (unpaired) electrons. The summed E-state index contributed by atoms with van der Waals surface area (Å²) < 4.78 is 0. The van der Waals surface area contributed by atoms with E-state index in [1.165, 1.54) is 5.56 Å². The SMILES string of the molecule is CCc1cc(CC)c2[nH]cnc2n1. The molecule has 3 heteroatoms. The highest BCUT2D eigenvalue weighted by atomic mass is 15.0. The van der Waals surface area contributed by atoms with Gasteiger partial charge in [0.2, 0.25) is 0 Å². The number of rotatable bonds is 2. The monoisotopic (exact) mass is 175 g/mol. The summed E-state index contributed by atoms with van der Waals surface area (Å²) in [6, 6.07) is 2.15. The Morgan fingerprint density at radius 3 is 2.85 bits per heavy atom. The van der Waals surface area contributed by atoms with E-state index in [4.69, 9.17) is 0 Å². The van der Waals surface area contributed by atoms with Gasteiger partial charge >= 0.3 is 0 Å². The second kappa shape index (κ2) is 3.17. The molecule has 2 rings (SSSR count). The van der Waals surface area contributed by atoms with Gasteiger partial charge in [-0.05, 0) is 24.5 Å². The first-order valence-electron chi connectivity index (χ1n) is 4.67. The van der Waals surface area contributed by atoms with Gasteiger partial charge in [-0.15, -0.1) is 0 Å². The quantitative estimate of drug-likeness (QED) is 0.759. The van der Waals surface area contributed by atoms with E-state index in [9.17, 15) is 0 Å². The average molecular weight is 175 g/mol. The second-order valence-corrected chi connectivity index (χ2v) is 3.08. The van der Waals surface area contributed by atoms with E-state index in [-0.39, 0.29) is 0 Å². The van der Waals surface area contributed by atoms with Crippen LogP contribution in [0.15, 0.2) is 12.4 Å². The molecule has 0 aliphatic rings. The highest BCUT2D eigenvalue weighted by Gasteiger charge is 2.04. The van der Waals surface area contributed by atoms with Gasteiger partial charge in [0.05, 0.1) is 11.8 Å². The molecule has 0 saturated heterocycles. The lowest BCUT2D eigenvalue weighted by molar-refractivity contribution is 1.03. The third-order valence-electron chi connectivity index (χ3n) is 2.27. The lowest BCUT2D eigenvalue weighted by atomic mass is 10.1. The maximum Gasteiger partial charge on any atom is 0.177 e. The number of imidazole rings is 1. The summed E-state index contributed by atoms with van der Waals surface area (Å²) in [5.74, 6) is 0. The van der Waals surface area contributed by atoms with Gasteiger partial charge < -0.3 is 4.98 Å². The molecule has 0 aliphatic carbocycles. The van der Waals surface area contributed by atoms with Crippen molar-refractivity contribution in [1.29, 1.82) is 0 Å². The number of hydrogen-bond acceptors (Lipinski definition) is 2. The minimum atomic E-state index is 0.844. The van der Waals surface area contributed by atoms with Crippen molar-refractivity contribution >= 4 is 11.2 Å². The molecule has 68 valence electrons. The zero-order valence-corrected chi connectivity index (χ0v) is 7.96. The van der Waals surface area contributed by atoms with Crippen molar-refractivity contribution in [2.24, 2.45) is 0 Å². The minimum absolute atomic E-state index is 0.844. The van der Waals surface area contributed by atoms with E-state index in [0.29, 0.717) is 0 Å². The summed E-state index contributed by atoms with van der Waals surface area (Å²) in [7, 11) is 0. The van der Waals surface area contributed by atoms with Gasteiger partial charge in [-0.25, -0.2) is 9.97 Å². The summed E-state index contributed by atoms with van der Waals surface area (Å²) in [5.41, 5.74) is 4.35. The number of aromatic nitrogens is 3. The normalized spacial score (nSPS) is 10.9. The van der Waals surface area contributed by atoms with Crippen molar-refractivity contribution in [2.75, 3.05) is 0 Å². The molecule has 0 aliphatic heterocycles. The average Bonchev–Trinajstić information content (AvgIpc) is 2.63. The van der Waals surface area contributed by atoms with E-state index in [1.807, 2.05) is 0 Å². The van der Waals surface area contributed by atoms with Gasteiger partial charge in [-0.1, -0.05) is 13.8 Å². The van der Waals surface area contributed by atoms with E-state index in [2.05, 4.69) is 34.9 Å². The number of pyridine rings is 1. The first-order valence-corrected chi connectivity index (χ1v) is 4.67. The number of nitrogens with zero attached hydrogens (tertiary/aromatic N) is 2. The Morgan fingerprint density at radius 2 is 2.15 bits per heavy atom. The molecule has 13 heavy (non-hydrogen) atoms. The third-order valence-corrected chi connectivity index (χ3v) is 2.27. The Labute approximate surface area is 77.2 Å². The first-order chi connectivity index (χ1) is 6.35. The van der Waals surface area contributed by atoms with Crippen LogP contribution in [0.5, 0.6) is 0 Å². The Morgan fingerprint density at radius 1 is 1.31 bits per heavy atom. The van der Waals surface area contributed by atoms with Crippen LogP contribution in [0.3, 0.4) is 0 Å². The summed E-state index contributed by atoms with van der Waals surface area (Å²) in [6.45, 7) is 4.26. The molecule has 0 unspecified atom stereocenters. The molecule has 0 spiro atoms. The van der Waals surface area contributed by atoms with Crippen molar-refractivity contribution in [3.63, 3.8) is 0 Å². The van der Waals surface area contributed by atoms with Gasteiger partial charge in [-0.3, -0.25) is 0 Å². The van der Waals surface area contributed by atoms with Crippen molar-refractivity contribution in [3.8, 4) is 0 Å². The fourth-order valence-electron chi connectivity index (χ4n) is 1.51. The van der Waals surface area contributed by atoms with Crippen molar-refractivity contribution in [2.45, 2.75) is 26.7 Å². The molecule has 1 N–H and O–H groups in total. The van der Waals surface area contributed by atoms with E-state index < -0.39 is 0 Å². The Kier molecular flexibility index (Phi) is 2.00. The van der Waals surface area contributed by atoms with Gasteiger partial charge in [0.25, 0.3) is 0 Å². The first kappa shape index (κ1) is 8.23. The molecule has 3 nitrogen and oxygen atoms in total. The second-order valence-electron chi connectivity index (χ2n) is 3.08. The standard InChI is InChI=1S/C10H13N3/c1-3-7-5-8(4-2)13-10-9(7)11-6-12-10/h5-6H,3-4H2,1-2H3,(H,11,12,13). The zero-order chi connectivity index (χ0) is 9.26. The van der Waals surface area contributed by atoms with Crippen LogP contribution in [0.2, 0.25) is 0 Å². The fourth-order valence-corrected chi connectivity index (χ4v) is 1.51. The Bertz CT molecular complexity index is 417. The molecular weight excluding hydrogens is 162 g/mol. The Balaban J connectivity index is 2.70. The molecule has 0 aromatic carbocycles. The lowest BCUT2D eigenvalue weighted by Crippen LogP contribution is -1.92. The van der Waals surface area contributed by atoms with Crippen molar-refractivity contribution in [1.82, 2.24) is 15.0 Å². The predicted octanol–water partition coefficient (Wildman–Crippen LogP) is 2.08. The summed E-state index contributed by atoms with van der Waals surface area (Å²) in [6.07, 6.45) is 3.69. The highest BCUT2D eigenvalue weighted by Crippen LogP contribution is 2.15. The number of H-pyrrole nitrogens is 1. The summed E-state index contributed by atoms with van der Waals surface area (Å²) in [4.78, 5) is 11.7. The number of fused-ring (bicyclic) bond motifs is 1. The smallest absolute Gasteiger partial charge is 0.177 e. The van der Waals surface area contributed by atoms with Crippen LogP contribution in [0.1, 0.15) is 25.1 Å². The molecule has 0 bridgehead atoms. The minimum Gasteiger partial charge on any atom is -0.343 e. The largest absolute Gasteiger partial charge is 0.343 e. The van der Waals surface area contributed by atoms with Crippen LogP contribution in [-0.4, -0.2) is 15.0 Å². The topological polar surface area (TPSA) is 41.6 Å². The number of nitrogens with one attached hydrogen (secondary N) is 1. The molecule has 2 heterocycles. The van der Waals surface area contributed by atoms with Crippen molar-refractivity contribution < 1.29 is 0 Å². The maximum atomic E-state index is 4.42. The van der Waals surface area contributed by atoms with Gasteiger partial charge in [-0.2, -0.15) is 0 Å². The van der Waals surface area contributed by atoms with E-state index in [1.54, 1.807) is 6.33 Å². The van der Waals surface area contributed by atoms with Crippen molar-refractivity contribution in [3.05, 3.63) is 23.7 Å². The predicted molar refractivity (Wildman–Crippen MR) is 52.6 cm³/mol. The van der Waals surface area contributed by atoms with E-state index >= 15 is 0 Å². The maximum absolute atomic E-state index is 4.42.